The maximum atomic E-state index is 6.16. The normalized spacial score (nSPS) is 11.5. The highest BCUT2D eigenvalue weighted by atomic mass is 32.2. The van der Waals surface area contributed by atoms with E-state index in [4.69, 9.17) is 23.9 Å². The van der Waals surface area contributed by atoms with E-state index < -0.39 is 4.75 Å². The summed E-state index contributed by atoms with van der Waals surface area (Å²) in [5, 5.41) is 2.23. The van der Waals surface area contributed by atoms with Gasteiger partial charge in [0.25, 0.3) is 0 Å². The lowest BCUT2D eigenvalue weighted by molar-refractivity contribution is 0.301. The summed E-state index contributed by atoms with van der Waals surface area (Å²) in [6.45, 7) is 4.77. The molecule has 0 aliphatic rings. The van der Waals surface area contributed by atoms with Gasteiger partial charge in [0.2, 0.25) is 0 Å². The van der Waals surface area contributed by atoms with Crippen LogP contribution in [-0.4, -0.2) is 15.7 Å². The molecule has 0 spiro atoms. The van der Waals surface area contributed by atoms with Crippen molar-refractivity contribution in [1.29, 1.82) is 0 Å². The third kappa shape index (κ3) is 6.12. The zero-order valence-electron chi connectivity index (χ0n) is 25.2. The van der Waals surface area contributed by atoms with Crippen LogP contribution in [-0.2, 0) is 18.0 Å². The minimum absolute atomic E-state index is 0.384. The minimum Gasteiger partial charge on any atom is -0.487 e. The van der Waals surface area contributed by atoms with Crippen molar-refractivity contribution in [3.05, 3.63) is 181 Å². The first kappa shape index (κ1) is 29.4. The maximum absolute atomic E-state index is 6.16. The number of nitrogens with zero attached hydrogens (tertiary/aromatic N) is 2. The lowest BCUT2D eigenvalue weighted by Gasteiger charge is -2.32. The Labute approximate surface area is 272 Å². The van der Waals surface area contributed by atoms with Crippen LogP contribution in [0.2, 0.25) is 0 Å². The third-order valence-corrected chi connectivity index (χ3v) is 9.40. The van der Waals surface area contributed by atoms with E-state index in [1.807, 2.05) is 91.0 Å². The molecule has 0 aliphatic heterocycles. The largest absolute Gasteiger partial charge is 0.487 e. The summed E-state index contributed by atoms with van der Waals surface area (Å²) in [4.78, 5) is 9.48. The van der Waals surface area contributed by atoms with Crippen LogP contribution in [0, 0.1) is 0 Å². The number of hydrogen-bond donors (Lipinski definition) is 0. The summed E-state index contributed by atoms with van der Waals surface area (Å²) >= 11 is 1.75. The Bertz CT molecular complexity index is 1950. The van der Waals surface area contributed by atoms with Crippen molar-refractivity contribution < 1.29 is 13.9 Å². The van der Waals surface area contributed by atoms with Gasteiger partial charge in [-0.3, -0.25) is 0 Å². The van der Waals surface area contributed by atoms with E-state index in [-0.39, 0.29) is 0 Å². The molecule has 0 bridgehead atoms. The number of aromatic nitrogens is 2. The molecule has 226 valence electrons. The molecule has 0 atom stereocenters. The highest BCUT2D eigenvalue weighted by molar-refractivity contribution is 8.00. The fourth-order valence-electron chi connectivity index (χ4n) is 5.62. The Kier molecular flexibility index (Phi) is 8.53. The standard InChI is InChI=1S/C40H32N2O3S/c1-2-26-46-40(39-12-7-25-43-39,31-15-21-35(22-16-31)44-27-33-19-13-29-8-3-5-10-37(29)41-33)32-17-23-36(24-18-32)45-28-34-20-14-30-9-4-6-11-38(30)42-34/h2-25H,1,26-28H2. The van der Waals surface area contributed by atoms with Crippen LogP contribution in [0.4, 0.5) is 0 Å². The average molecular weight is 621 g/mol. The van der Waals surface area contributed by atoms with Crippen molar-refractivity contribution >= 4 is 33.6 Å². The Morgan fingerprint density at radius 2 is 1.13 bits per heavy atom. The van der Waals surface area contributed by atoms with Crippen molar-refractivity contribution in [2.24, 2.45) is 0 Å². The Morgan fingerprint density at radius 1 is 0.609 bits per heavy atom. The topological polar surface area (TPSA) is 57.4 Å². The van der Waals surface area contributed by atoms with Gasteiger partial charge in [-0.15, -0.1) is 18.3 Å². The number of thioether (sulfide) groups is 1. The van der Waals surface area contributed by atoms with Gasteiger partial charge in [0, 0.05) is 16.5 Å². The molecule has 0 saturated heterocycles. The van der Waals surface area contributed by atoms with Gasteiger partial charge in [0.15, 0.2) is 0 Å². The number of para-hydroxylation sites is 2. The molecule has 0 aliphatic carbocycles. The lowest BCUT2D eigenvalue weighted by Crippen LogP contribution is -2.25. The molecule has 0 saturated carbocycles. The second kappa shape index (κ2) is 13.3. The van der Waals surface area contributed by atoms with Crippen LogP contribution in [0.25, 0.3) is 21.8 Å². The molecule has 0 fully saturated rings. The van der Waals surface area contributed by atoms with Crippen molar-refractivity contribution in [2.75, 3.05) is 5.75 Å². The Hall–Kier alpha value is -5.33. The van der Waals surface area contributed by atoms with Crippen LogP contribution in [0.5, 0.6) is 11.5 Å². The summed E-state index contributed by atoms with van der Waals surface area (Å²) < 4.78 is 17.8. The van der Waals surface area contributed by atoms with Gasteiger partial charge < -0.3 is 13.9 Å². The summed E-state index contributed by atoms with van der Waals surface area (Å²) in [5.41, 5.74) is 5.83. The van der Waals surface area contributed by atoms with E-state index >= 15 is 0 Å². The monoisotopic (exact) mass is 620 g/mol. The number of rotatable bonds is 12. The molecule has 6 heteroatoms. The average Bonchev–Trinajstić information content (AvgIpc) is 3.67. The van der Waals surface area contributed by atoms with E-state index in [1.165, 1.54) is 0 Å². The zero-order chi connectivity index (χ0) is 31.2. The first-order valence-corrected chi connectivity index (χ1v) is 16.1. The Balaban J connectivity index is 1.13. The van der Waals surface area contributed by atoms with Crippen LogP contribution in [0.15, 0.2) is 157 Å². The van der Waals surface area contributed by atoms with Gasteiger partial charge in [0.1, 0.15) is 35.2 Å². The molecule has 7 rings (SSSR count). The summed E-state index contributed by atoms with van der Waals surface area (Å²) in [7, 11) is 0. The van der Waals surface area contributed by atoms with Crippen LogP contribution >= 0.6 is 11.8 Å². The molecule has 3 aromatic heterocycles. The summed E-state index contributed by atoms with van der Waals surface area (Å²) in [5.74, 6) is 3.10. The summed E-state index contributed by atoms with van der Waals surface area (Å²) in [6.07, 6.45) is 3.64. The van der Waals surface area contributed by atoms with Gasteiger partial charge in [-0.05, 0) is 71.8 Å². The van der Waals surface area contributed by atoms with Crippen molar-refractivity contribution in [2.45, 2.75) is 18.0 Å². The number of hydrogen-bond acceptors (Lipinski definition) is 6. The van der Waals surface area contributed by atoms with Gasteiger partial charge in [0.05, 0.1) is 28.7 Å². The van der Waals surface area contributed by atoms with Crippen molar-refractivity contribution in [3.8, 4) is 11.5 Å². The zero-order valence-corrected chi connectivity index (χ0v) is 26.0. The van der Waals surface area contributed by atoms with Gasteiger partial charge in [-0.1, -0.05) is 78.9 Å². The maximum Gasteiger partial charge on any atom is 0.130 e. The Morgan fingerprint density at radius 3 is 1.61 bits per heavy atom. The SMILES string of the molecule is C=CCSC(c1ccc(OCc2ccc3ccccc3n2)cc1)(c1ccc(OCc2ccc3ccccc3n2)cc1)c1ccco1. The van der Waals surface area contributed by atoms with Crippen LogP contribution in [0.3, 0.4) is 0 Å². The third-order valence-electron chi connectivity index (χ3n) is 7.89. The van der Waals surface area contributed by atoms with Crippen LogP contribution < -0.4 is 9.47 Å². The first-order valence-electron chi connectivity index (χ1n) is 15.2. The fourth-order valence-corrected chi connectivity index (χ4v) is 6.85. The first-order chi connectivity index (χ1) is 22.7. The molecule has 0 N–H and O–H groups in total. The molecule has 5 nitrogen and oxygen atoms in total. The van der Waals surface area contributed by atoms with Gasteiger partial charge in [-0.2, -0.15) is 0 Å². The highest BCUT2D eigenvalue weighted by Gasteiger charge is 2.39. The van der Waals surface area contributed by atoms with Gasteiger partial charge in [-0.25, -0.2) is 9.97 Å². The van der Waals surface area contributed by atoms with E-state index in [1.54, 1.807) is 18.0 Å². The molecule has 3 heterocycles. The number of benzene rings is 4. The molecular formula is C40H32N2O3S. The molecular weight excluding hydrogens is 589 g/mol. The molecule has 0 amide bonds. The van der Waals surface area contributed by atoms with E-state index in [2.05, 4.69) is 55.1 Å². The fraction of sp³-hybridized carbons (Fsp3) is 0.100. The molecule has 4 aromatic carbocycles. The lowest BCUT2D eigenvalue weighted by atomic mass is 9.88. The predicted octanol–water partition coefficient (Wildman–Crippen LogP) is 9.75. The van der Waals surface area contributed by atoms with Crippen LogP contribution in [0.1, 0.15) is 28.3 Å². The quantitative estimate of drug-likeness (QED) is 0.127. The van der Waals surface area contributed by atoms with E-state index in [0.717, 1.165) is 67.3 Å². The molecule has 46 heavy (non-hydrogen) atoms. The van der Waals surface area contributed by atoms with Crippen molar-refractivity contribution in [3.63, 3.8) is 0 Å². The predicted molar refractivity (Wildman–Crippen MR) is 186 cm³/mol. The molecule has 0 unspecified atom stereocenters. The molecule has 0 radical (unpaired) electrons. The van der Waals surface area contributed by atoms with Crippen molar-refractivity contribution in [1.82, 2.24) is 9.97 Å². The highest BCUT2D eigenvalue weighted by Crippen LogP contribution is 2.49. The number of pyridine rings is 2. The van der Waals surface area contributed by atoms with Gasteiger partial charge >= 0.3 is 0 Å². The number of furan rings is 1. The van der Waals surface area contributed by atoms with E-state index in [0.29, 0.717) is 13.2 Å². The number of ether oxygens (including phenoxy) is 2. The smallest absolute Gasteiger partial charge is 0.130 e. The second-order valence-corrected chi connectivity index (χ2v) is 12.1. The molecule has 7 aromatic rings. The summed E-state index contributed by atoms with van der Waals surface area (Å²) in [6, 6.07) is 44.8. The second-order valence-electron chi connectivity index (χ2n) is 10.9. The number of fused-ring (bicyclic) bond motifs is 2. The minimum atomic E-state index is -0.617. The van der Waals surface area contributed by atoms with E-state index in [9.17, 15) is 0 Å².